The van der Waals surface area contributed by atoms with Gasteiger partial charge in [-0.15, -0.1) is 0 Å². The first-order valence-corrected chi connectivity index (χ1v) is 10.9. The minimum Gasteiger partial charge on any atom is -0.339 e. The Balaban J connectivity index is 1.53. The molecule has 0 aromatic heterocycles. The molecule has 3 rings (SSSR count). The standard InChI is InChI=1S/C25H33N3O2/c1-4-27(17-21-8-6-5-7-9-21)25(30)14-15-28(22-12-13-22)18-24(29)26-23-16-19(2)10-11-20(23)3/h5-11,16,22H,4,12-15,17-18H2,1-3H3,(H,26,29). The lowest BCUT2D eigenvalue weighted by Gasteiger charge is -2.25. The minimum absolute atomic E-state index is 0.0142. The van der Waals surface area contributed by atoms with Gasteiger partial charge in [-0.1, -0.05) is 42.5 Å². The van der Waals surface area contributed by atoms with Crippen molar-refractivity contribution in [2.45, 2.75) is 52.6 Å². The average Bonchev–Trinajstić information content (AvgIpc) is 3.58. The molecule has 30 heavy (non-hydrogen) atoms. The Morgan fingerprint density at radius 1 is 1.07 bits per heavy atom. The Bertz CT molecular complexity index is 862. The number of rotatable bonds is 10. The summed E-state index contributed by atoms with van der Waals surface area (Å²) in [6, 6.07) is 16.6. The molecular formula is C25H33N3O2. The third kappa shape index (κ3) is 6.42. The second-order valence-corrected chi connectivity index (χ2v) is 8.21. The van der Waals surface area contributed by atoms with E-state index in [1.807, 2.05) is 74.2 Å². The monoisotopic (exact) mass is 407 g/mol. The van der Waals surface area contributed by atoms with E-state index in [1.54, 1.807) is 0 Å². The van der Waals surface area contributed by atoms with E-state index in [4.69, 9.17) is 0 Å². The van der Waals surface area contributed by atoms with Crippen molar-refractivity contribution in [1.82, 2.24) is 9.80 Å². The second kappa shape index (κ2) is 10.4. The van der Waals surface area contributed by atoms with E-state index >= 15 is 0 Å². The van der Waals surface area contributed by atoms with E-state index in [9.17, 15) is 9.59 Å². The number of hydrogen-bond donors (Lipinski definition) is 1. The van der Waals surface area contributed by atoms with Crippen LogP contribution < -0.4 is 5.32 Å². The molecule has 0 aliphatic heterocycles. The highest BCUT2D eigenvalue weighted by atomic mass is 16.2. The normalized spacial score (nSPS) is 13.3. The fourth-order valence-electron chi connectivity index (χ4n) is 3.65. The van der Waals surface area contributed by atoms with Gasteiger partial charge in [0.2, 0.25) is 11.8 Å². The summed E-state index contributed by atoms with van der Waals surface area (Å²) < 4.78 is 0. The summed E-state index contributed by atoms with van der Waals surface area (Å²) in [5.74, 6) is 0.127. The van der Waals surface area contributed by atoms with Crippen molar-refractivity contribution in [2.24, 2.45) is 0 Å². The highest BCUT2D eigenvalue weighted by Crippen LogP contribution is 2.27. The third-order valence-electron chi connectivity index (χ3n) is 5.64. The van der Waals surface area contributed by atoms with Crippen molar-refractivity contribution in [3.8, 4) is 0 Å². The average molecular weight is 408 g/mol. The SMILES string of the molecule is CCN(Cc1ccccc1)C(=O)CCN(CC(=O)Nc1cc(C)ccc1C)C1CC1. The van der Waals surface area contributed by atoms with Crippen LogP contribution in [0.5, 0.6) is 0 Å². The molecule has 160 valence electrons. The van der Waals surface area contributed by atoms with Crippen LogP contribution >= 0.6 is 0 Å². The van der Waals surface area contributed by atoms with Gasteiger partial charge in [0.15, 0.2) is 0 Å². The highest BCUT2D eigenvalue weighted by Gasteiger charge is 2.30. The van der Waals surface area contributed by atoms with Gasteiger partial charge in [-0.2, -0.15) is 0 Å². The zero-order valence-electron chi connectivity index (χ0n) is 18.4. The van der Waals surface area contributed by atoms with Gasteiger partial charge in [0, 0.05) is 37.8 Å². The van der Waals surface area contributed by atoms with Crippen molar-refractivity contribution >= 4 is 17.5 Å². The van der Waals surface area contributed by atoms with Crippen LogP contribution in [0.4, 0.5) is 5.69 Å². The van der Waals surface area contributed by atoms with Crippen LogP contribution in [0.25, 0.3) is 0 Å². The summed E-state index contributed by atoms with van der Waals surface area (Å²) in [6.07, 6.45) is 2.65. The number of carbonyl (C=O) groups excluding carboxylic acids is 2. The Kier molecular flexibility index (Phi) is 7.63. The molecule has 0 atom stereocenters. The fraction of sp³-hybridized carbons (Fsp3) is 0.440. The molecule has 0 unspecified atom stereocenters. The van der Waals surface area contributed by atoms with Gasteiger partial charge in [0.1, 0.15) is 0 Å². The third-order valence-corrected chi connectivity index (χ3v) is 5.64. The maximum absolute atomic E-state index is 12.8. The summed E-state index contributed by atoms with van der Waals surface area (Å²) in [7, 11) is 0. The summed E-state index contributed by atoms with van der Waals surface area (Å²) in [5.41, 5.74) is 4.19. The van der Waals surface area contributed by atoms with E-state index in [0.29, 0.717) is 38.6 Å². The van der Waals surface area contributed by atoms with Crippen LogP contribution in [0.1, 0.15) is 42.9 Å². The van der Waals surface area contributed by atoms with Crippen LogP contribution in [0.3, 0.4) is 0 Å². The summed E-state index contributed by atoms with van der Waals surface area (Å²) >= 11 is 0. The van der Waals surface area contributed by atoms with Crippen molar-refractivity contribution in [3.05, 3.63) is 65.2 Å². The van der Waals surface area contributed by atoms with E-state index in [-0.39, 0.29) is 11.8 Å². The molecule has 1 aliphatic rings. The van der Waals surface area contributed by atoms with E-state index in [1.165, 1.54) is 0 Å². The van der Waals surface area contributed by atoms with Gasteiger partial charge in [0.05, 0.1) is 6.54 Å². The van der Waals surface area contributed by atoms with Crippen LogP contribution in [0.15, 0.2) is 48.5 Å². The second-order valence-electron chi connectivity index (χ2n) is 8.21. The molecule has 0 heterocycles. The van der Waals surface area contributed by atoms with Crippen molar-refractivity contribution in [1.29, 1.82) is 0 Å². The zero-order chi connectivity index (χ0) is 21.5. The Hall–Kier alpha value is -2.66. The van der Waals surface area contributed by atoms with E-state index in [0.717, 1.165) is 35.2 Å². The molecule has 1 saturated carbocycles. The van der Waals surface area contributed by atoms with E-state index < -0.39 is 0 Å². The van der Waals surface area contributed by atoms with Crippen LogP contribution in [0.2, 0.25) is 0 Å². The van der Waals surface area contributed by atoms with Gasteiger partial charge in [-0.3, -0.25) is 14.5 Å². The number of carbonyl (C=O) groups is 2. The molecule has 1 fully saturated rings. The molecule has 5 heteroatoms. The van der Waals surface area contributed by atoms with Gasteiger partial charge >= 0.3 is 0 Å². The molecular weight excluding hydrogens is 374 g/mol. The molecule has 1 N–H and O–H groups in total. The molecule has 0 saturated heterocycles. The Morgan fingerprint density at radius 2 is 1.80 bits per heavy atom. The molecule has 0 radical (unpaired) electrons. The van der Waals surface area contributed by atoms with Gasteiger partial charge < -0.3 is 10.2 Å². The number of hydrogen-bond acceptors (Lipinski definition) is 3. The Labute approximate surface area is 180 Å². The summed E-state index contributed by atoms with van der Waals surface area (Å²) in [5, 5.41) is 3.04. The number of nitrogens with one attached hydrogen (secondary N) is 1. The lowest BCUT2D eigenvalue weighted by atomic mass is 10.1. The summed E-state index contributed by atoms with van der Waals surface area (Å²) in [4.78, 5) is 29.5. The van der Waals surface area contributed by atoms with Crippen LogP contribution in [-0.4, -0.2) is 47.3 Å². The minimum atomic E-state index is -0.0142. The number of aryl methyl sites for hydroxylation is 2. The molecule has 2 aromatic carbocycles. The Morgan fingerprint density at radius 3 is 2.47 bits per heavy atom. The summed E-state index contributed by atoms with van der Waals surface area (Å²) in [6.45, 7) is 8.30. The highest BCUT2D eigenvalue weighted by molar-refractivity contribution is 5.93. The quantitative estimate of drug-likeness (QED) is 0.644. The largest absolute Gasteiger partial charge is 0.339 e. The molecule has 2 amide bonds. The molecule has 2 aromatic rings. The topological polar surface area (TPSA) is 52.7 Å². The first-order valence-electron chi connectivity index (χ1n) is 10.9. The predicted molar refractivity (Wildman–Crippen MR) is 121 cm³/mol. The van der Waals surface area contributed by atoms with Crippen LogP contribution in [-0.2, 0) is 16.1 Å². The van der Waals surface area contributed by atoms with Gasteiger partial charge in [0.25, 0.3) is 0 Å². The maximum Gasteiger partial charge on any atom is 0.238 e. The maximum atomic E-state index is 12.8. The molecule has 0 spiro atoms. The fourth-order valence-corrected chi connectivity index (χ4v) is 3.65. The molecule has 5 nitrogen and oxygen atoms in total. The van der Waals surface area contributed by atoms with Gasteiger partial charge in [-0.05, 0) is 56.4 Å². The molecule has 0 bridgehead atoms. The first-order chi connectivity index (χ1) is 14.5. The number of nitrogens with zero attached hydrogens (tertiary/aromatic N) is 2. The van der Waals surface area contributed by atoms with Crippen molar-refractivity contribution in [3.63, 3.8) is 0 Å². The smallest absolute Gasteiger partial charge is 0.238 e. The first kappa shape index (κ1) is 22.0. The van der Waals surface area contributed by atoms with Crippen molar-refractivity contribution < 1.29 is 9.59 Å². The lowest BCUT2D eigenvalue weighted by Crippen LogP contribution is -2.39. The predicted octanol–water partition coefficient (Wildman–Crippen LogP) is 4.15. The number of amides is 2. The molecule has 1 aliphatic carbocycles. The van der Waals surface area contributed by atoms with Gasteiger partial charge in [-0.25, -0.2) is 0 Å². The number of benzene rings is 2. The van der Waals surface area contributed by atoms with Crippen molar-refractivity contribution in [2.75, 3.05) is 25.0 Å². The van der Waals surface area contributed by atoms with E-state index in [2.05, 4.69) is 10.2 Å². The zero-order valence-corrected chi connectivity index (χ0v) is 18.4. The van der Waals surface area contributed by atoms with Crippen LogP contribution in [0, 0.1) is 13.8 Å². The number of anilines is 1. The lowest BCUT2D eigenvalue weighted by molar-refractivity contribution is -0.132.